The number of hydrogen-bond donors (Lipinski definition) is 4. The van der Waals surface area contributed by atoms with Gasteiger partial charge in [-0.3, -0.25) is 40.8 Å². The number of phenols is 3. The Morgan fingerprint density at radius 1 is 0.738 bits per heavy atom. The zero-order chi connectivity index (χ0) is 31.0. The van der Waals surface area contributed by atoms with E-state index in [0.29, 0.717) is 23.5 Å². The smallest absolute Gasteiger partial charge is 0.338 e. The Kier molecular flexibility index (Phi) is 9.37. The molecule has 42 heavy (non-hydrogen) atoms. The lowest BCUT2D eigenvalue weighted by atomic mass is 10.2. The number of nitro groups is 3. The lowest BCUT2D eigenvalue weighted by Gasteiger charge is -2.26. The summed E-state index contributed by atoms with van der Waals surface area (Å²) >= 11 is 0. The number of hydrogen-bond acceptors (Lipinski definition) is 13. The number of carbonyl (C=O) groups is 1. The highest BCUT2D eigenvalue weighted by molar-refractivity contribution is 5.91. The summed E-state index contributed by atoms with van der Waals surface area (Å²) in [5, 5.41) is 62.5. The Labute approximate surface area is 235 Å². The van der Waals surface area contributed by atoms with Crippen molar-refractivity contribution in [1.29, 1.82) is 0 Å². The molecule has 0 aliphatic carbocycles. The molecule has 0 heterocycles. The van der Waals surface area contributed by atoms with E-state index in [2.05, 4.69) is 10.2 Å². The number of non-ortho nitro benzene ring substituents is 1. The summed E-state index contributed by atoms with van der Waals surface area (Å²) in [5.41, 5.74) is 0.955. The van der Waals surface area contributed by atoms with Crippen molar-refractivity contribution in [3.05, 3.63) is 121 Å². The number of esters is 1. The Morgan fingerprint density at radius 2 is 1.17 bits per heavy atom. The quantitative estimate of drug-likeness (QED) is 0.0914. The second-order valence-corrected chi connectivity index (χ2v) is 8.10. The highest BCUT2D eigenvalue weighted by atomic mass is 16.6. The summed E-state index contributed by atoms with van der Waals surface area (Å²) in [6.45, 7) is 0. The molecule has 0 unspecified atom stereocenters. The van der Waals surface area contributed by atoms with Crippen molar-refractivity contribution in [2.75, 3.05) is 17.5 Å². The van der Waals surface area contributed by atoms with Gasteiger partial charge in [0.1, 0.15) is 0 Å². The van der Waals surface area contributed by atoms with Gasteiger partial charge in [0.15, 0.2) is 17.2 Å². The minimum absolute atomic E-state index is 0.0321. The Morgan fingerprint density at radius 3 is 1.52 bits per heavy atom. The van der Waals surface area contributed by atoms with Crippen molar-refractivity contribution in [2.24, 2.45) is 0 Å². The molecule has 0 spiro atoms. The summed E-state index contributed by atoms with van der Waals surface area (Å²) in [5.74, 6) is -2.50. The van der Waals surface area contributed by atoms with E-state index in [-0.39, 0.29) is 5.56 Å². The van der Waals surface area contributed by atoms with E-state index in [0.717, 1.165) is 12.1 Å². The average molecular weight is 579 g/mol. The number of nitro benzene ring substituents is 3. The molecule has 0 fully saturated rings. The third-order valence-electron chi connectivity index (χ3n) is 5.43. The molecule has 0 bridgehead atoms. The molecule has 4 N–H and O–H groups in total. The van der Waals surface area contributed by atoms with Crippen LogP contribution in [0.4, 0.5) is 34.1 Å². The molecular weight excluding hydrogens is 558 g/mol. The Bertz CT molecular complexity index is 1540. The Hall–Kier alpha value is -6.45. The van der Waals surface area contributed by atoms with Crippen molar-refractivity contribution in [3.8, 4) is 17.2 Å². The number of nitrogens with one attached hydrogen (secondary N) is 1. The fourth-order valence-corrected chi connectivity index (χ4v) is 3.49. The fraction of sp³-hybridized carbons (Fsp3) is 0.0385. The van der Waals surface area contributed by atoms with E-state index < -0.39 is 60.7 Å². The zero-order valence-electron chi connectivity index (χ0n) is 21.5. The van der Waals surface area contributed by atoms with E-state index in [1.165, 1.54) is 12.1 Å². The normalized spacial score (nSPS) is 10.0. The molecule has 0 radical (unpaired) electrons. The maximum Gasteiger partial charge on any atom is 0.338 e. The van der Waals surface area contributed by atoms with Gasteiger partial charge in [-0.05, 0) is 36.4 Å². The Balaban J connectivity index is 0.000000312. The molecule has 0 atom stereocenters. The van der Waals surface area contributed by atoms with Crippen LogP contribution in [0, 0.1) is 30.3 Å². The van der Waals surface area contributed by atoms with Gasteiger partial charge in [-0.15, -0.1) is 0 Å². The first-order valence-corrected chi connectivity index (χ1v) is 11.6. The summed E-state index contributed by atoms with van der Waals surface area (Å²) in [4.78, 5) is 42.3. The highest BCUT2D eigenvalue weighted by Crippen LogP contribution is 2.40. The number of benzene rings is 4. The molecule has 0 aromatic heterocycles. The lowest BCUT2D eigenvalue weighted by Crippen LogP contribution is -2.25. The van der Waals surface area contributed by atoms with Crippen molar-refractivity contribution >= 4 is 40.1 Å². The van der Waals surface area contributed by atoms with Crippen LogP contribution >= 0.6 is 0 Å². The molecule has 4 rings (SSSR count). The molecule has 16 heteroatoms. The van der Waals surface area contributed by atoms with Crippen LogP contribution in [0.15, 0.2) is 84.9 Å². The lowest BCUT2D eigenvalue weighted by molar-refractivity contribution is -0.401. The number of methoxy groups -OCH3 is 1. The second kappa shape index (κ2) is 13.1. The van der Waals surface area contributed by atoms with Crippen LogP contribution in [0.3, 0.4) is 0 Å². The van der Waals surface area contributed by atoms with E-state index >= 15 is 0 Å². The van der Waals surface area contributed by atoms with E-state index in [1.807, 2.05) is 0 Å². The van der Waals surface area contributed by atoms with Gasteiger partial charge in [-0.25, -0.2) is 4.79 Å². The zero-order valence-corrected chi connectivity index (χ0v) is 21.5. The fourth-order valence-electron chi connectivity index (χ4n) is 3.49. The number of nitrogens with zero attached hydrogens (tertiary/aromatic N) is 4. The van der Waals surface area contributed by atoms with Gasteiger partial charge in [-0.1, -0.05) is 36.4 Å². The van der Waals surface area contributed by atoms with Gasteiger partial charge >= 0.3 is 17.3 Å². The minimum Gasteiger partial charge on any atom is -0.504 e. The second-order valence-electron chi connectivity index (χ2n) is 8.10. The predicted octanol–water partition coefficient (Wildman–Crippen LogP) is 5.17. The SMILES string of the molecule is COC(=O)c1cc(O)c(O)c(O)c1.O=[N+]([O-])c1cc([N+](=O)[O-])c(NN(c2ccccc2)c2ccccc2)c([N+](=O)[O-])c1. The van der Waals surface area contributed by atoms with E-state index in [4.69, 9.17) is 15.3 Å². The van der Waals surface area contributed by atoms with E-state index in [1.54, 1.807) is 60.7 Å². The van der Waals surface area contributed by atoms with Crippen LogP contribution < -0.4 is 10.4 Å². The third-order valence-corrected chi connectivity index (χ3v) is 5.43. The van der Waals surface area contributed by atoms with Crippen LogP contribution in [-0.2, 0) is 4.74 Å². The van der Waals surface area contributed by atoms with Crippen molar-refractivity contribution in [1.82, 2.24) is 0 Å². The molecule has 4 aromatic carbocycles. The average Bonchev–Trinajstić information content (AvgIpc) is 2.98. The summed E-state index contributed by atoms with van der Waals surface area (Å²) < 4.78 is 4.34. The molecule has 216 valence electrons. The molecule has 0 aliphatic rings. The first-order valence-electron chi connectivity index (χ1n) is 11.6. The molecule has 0 saturated heterocycles. The first kappa shape index (κ1) is 30.1. The maximum atomic E-state index is 11.5. The molecule has 0 aliphatic heterocycles. The number of hydrazine groups is 1. The van der Waals surface area contributed by atoms with Gasteiger partial charge in [0.2, 0.25) is 5.69 Å². The van der Waals surface area contributed by atoms with Crippen LogP contribution in [-0.4, -0.2) is 43.2 Å². The highest BCUT2D eigenvalue weighted by Gasteiger charge is 2.32. The molecule has 4 aromatic rings. The van der Waals surface area contributed by atoms with Crippen molar-refractivity contribution in [2.45, 2.75) is 0 Å². The number of phenolic OH excluding ortho intramolecular Hbond substituents is 3. The maximum absolute atomic E-state index is 11.5. The standard InChI is InChI=1S/C18H13N5O6.C8H8O5/c24-21(25)15-11-16(22(26)27)18(17(12-15)23(28)29)19-20(13-7-3-1-4-8-13)14-9-5-2-6-10-14;1-13-8(12)4-2-5(9)7(11)6(10)3-4/h1-12,19H;2-3,9-11H,1H3. The summed E-state index contributed by atoms with van der Waals surface area (Å²) in [6, 6.07) is 20.6. The monoisotopic (exact) mass is 579 g/mol. The number of aromatic hydroxyl groups is 3. The van der Waals surface area contributed by atoms with E-state index in [9.17, 15) is 35.1 Å². The molecule has 0 saturated carbocycles. The van der Waals surface area contributed by atoms with Crippen molar-refractivity contribution in [3.63, 3.8) is 0 Å². The van der Waals surface area contributed by atoms with Gasteiger partial charge in [0, 0.05) is 0 Å². The topological polar surface area (TPSA) is 232 Å². The van der Waals surface area contributed by atoms with Crippen LogP contribution in [0.5, 0.6) is 17.2 Å². The molecule has 0 amide bonds. The predicted molar refractivity (Wildman–Crippen MR) is 148 cm³/mol. The van der Waals surface area contributed by atoms with Gasteiger partial charge in [-0.2, -0.15) is 0 Å². The molecular formula is C26H21N5O11. The first-order chi connectivity index (χ1) is 19.9. The largest absolute Gasteiger partial charge is 0.504 e. The number of anilines is 3. The summed E-state index contributed by atoms with van der Waals surface area (Å²) in [7, 11) is 1.17. The molecule has 16 nitrogen and oxygen atoms in total. The van der Waals surface area contributed by atoms with Crippen molar-refractivity contribution < 1.29 is 39.6 Å². The third kappa shape index (κ3) is 6.94. The number of rotatable bonds is 8. The van der Waals surface area contributed by atoms with Crippen LogP contribution in [0.1, 0.15) is 10.4 Å². The van der Waals surface area contributed by atoms with Gasteiger partial charge in [0.05, 0.1) is 51.0 Å². The minimum atomic E-state index is -0.921. The number of ether oxygens (including phenoxy) is 1. The summed E-state index contributed by atoms with van der Waals surface area (Å²) in [6.07, 6.45) is 0. The van der Waals surface area contributed by atoms with Crippen LogP contribution in [0.2, 0.25) is 0 Å². The number of carbonyl (C=O) groups excluding carboxylic acids is 1. The van der Waals surface area contributed by atoms with Gasteiger partial charge in [0.25, 0.3) is 5.69 Å². The number of para-hydroxylation sites is 2. The van der Waals surface area contributed by atoms with Crippen LogP contribution in [0.25, 0.3) is 0 Å². The van der Waals surface area contributed by atoms with Gasteiger partial charge < -0.3 is 20.1 Å².